The highest BCUT2D eigenvalue weighted by Gasteiger charge is 2.26. The van der Waals surface area contributed by atoms with Gasteiger partial charge in [0.1, 0.15) is 5.60 Å². The van der Waals surface area contributed by atoms with Crippen LogP contribution in [-0.2, 0) is 14.4 Å². The summed E-state index contributed by atoms with van der Waals surface area (Å²) in [5, 5.41) is 0. The number of nitrogens with two attached hydrogens (primary N) is 1. The molecule has 0 rings (SSSR count). The average molecular weight is 217 g/mol. The molecule has 0 saturated heterocycles. The normalized spacial score (nSPS) is 15.9. The predicted molar refractivity (Wildman–Crippen MR) is 59.0 cm³/mol. The minimum Gasteiger partial charge on any atom is -0.458 e. The van der Waals surface area contributed by atoms with Gasteiger partial charge in [0.05, 0.1) is 0 Å². The van der Waals surface area contributed by atoms with Gasteiger partial charge in [-0.05, 0) is 33.1 Å². The highest BCUT2D eigenvalue weighted by atomic mass is 16.7. The van der Waals surface area contributed by atoms with E-state index < -0.39 is 11.7 Å². The Morgan fingerprint density at radius 2 is 1.93 bits per heavy atom. The fourth-order valence-corrected chi connectivity index (χ4v) is 1.11. The Kier molecular flexibility index (Phi) is 5.83. The van der Waals surface area contributed by atoms with Gasteiger partial charge in [0.2, 0.25) is 0 Å². The zero-order valence-corrected chi connectivity index (χ0v) is 10.4. The second kappa shape index (κ2) is 6.08. The first kappa shape index (κ1) is 14.4. The summed E-state index contributed by atoms with van der Waals surface area (Å²) in [7, 11) is 0. The van der Waals surface area contributed by atoms with Gasteiger partial charge in [0.15, 0.2) is 6.10 Å². The molecule has 0 saturated carbocycles. The molecule has 90 valence electrons. The lowest BCUT2D eigenvalue weighted by atomic mass is 10.0. The van der Waals surface area contributed by atoms with Crippen LogP contribution in [0.4, 0.5) is 0 Å². The van der Waals surface area contributed by atoms with E-state index in [2.05, 4.69) is 18.7 Å². The summed E-state index contributed by atoms with van der Waals surface area (Å²) in [6.07, 6.45) is 0.934. The summed E-state index contributed by atoms with van der Waals surface area (Å²) in [6.45, 7) is 9.58. The van der Waals surface area contributed by atoms with Gasteiger partial charge < -0.3 is 4.74 Å². The molecule has 4 heteroatoms. The van der Waals surface area contributed by atoms with Crippen LogP contribution >= 0.6 is 0 Å². The Balaban J connectivity index is 4.23. The van der Waals surface area contributed by atoms with Gasteiger partial charge in [-0.2, -0.15) is 0 Å². The average Bonchev–Trinajstić information content (AvgIpc) is 2.10. The number of esters is 1. The Morgan fingerprint density at radius 1 is 1.40 bits per heavy atom. The lowest BCUT2D eigenvalue weighted by Gasteiger charge is -2.24. The highest BCUT2D eigenvalue weighted by molar-refractivity contribution is 5.75. The van der Waals surface area contributed by atoms with Gasteiger partial charge in [-0.1, -0.05) is 20.3 Å². The van der Waals surface area contributed by atoms with E-state index in [1.807, 2.05) is 20.8 Å². The molecular weight excluding hydrogens is 194 g/mol. The van der Waals surface area contributed by atoms with E-state index in [1.165, 1.54) is 0 Å². The minimum atomic E-state index is -0.654. The van der Waals surface area contributed by atoms with Crippen LogP contribution < -0.4 is 5.90 Å². The second-order valence-electron chi connectivity index (χ2n) is 4.91. The topological polar surface area (TPSA) is 61.5 Å². The summed E-state index contributed by atoms with van der Waals surface area (Å²) in [6, 6.07) is 0. The molecule has 0 aliphatic rings. The quantitative estimate of drug-likeness (QED) is 0.565. The van der Waals surface area contributed by atoms with Crippen molar-refractivity contribution < 1.29 is 14.4 Å². The number of carbonyl (C=O) groups excluding carboxylic acids is 1. The third-order valence-corrected chi connectivity index (χ3v) is 2.15. The van der Waals surface area contributed by atoms with Crippen LogP contribution in [0.15, 0.2) is 0 Å². The molecule has 0 aromatic rings. The number of rotatable bonds is 5. The minimum absolute atomic E-state index is 0.384. The highest BCUT2D eigenvalue weighted by Crippen LogP contribution is 2.15. The maximum Gasteiger partial charge on any atom is 0.337 e. The van der Waals surface area contributed by atoms with Crippen LogP contribution in [0.5, 0.6) is 0 Å². The van der Waals surface area contributed by atoms with Gasteiger partial charge in [-0.3, -0.25) is 4.84 Å². The van der Waals surface area contributed by atoms with Gasteiger partial charge in [-0.15, -0.1) is 0 Å². The first-order valence-electron chi connectivity index (χ1n) is 5.38. The van der Waals surface area contributed by atoms with Crippen LogP contribution in [0.3, 0.4) is 0 Å². The Labute approximate surface area is 92.1 Å². The Bertz CT molecular complexity index is 198. The largest absolute Gasteiger partial charge is 0.458 e. The van der Waals surface area contributed by atoms with E-state index in [1.54, 1.807) is 0 Å². The van der Waals surface area contributed by atoms with Crippen molar-refractivity contribution >= 4 is 5.97 Å². The summed E-state index contributed by atoms with van der Waals surface area (Å²) in [5.74, 6) is 5.11. The number of hydrogen-bond donors (Lipinski definition) is 1. The molecule has 15 heavy (non-hydrogen) atoms. The van der Waals surface area contributed by atoms with Crippen molar-refractivity contribution in [2.24, 2.45) is 11.8 Å². The van der Waals surface area contributed by atoms with E-state index in [0.29, 0.717) is 12.3 Å². The monoisotopic (exact) mass is 217 g/mol. The van der Waals surface area contributed by atoms with Crippen LogP contribution in [0, 0.1) is 5.92 Å². The van der Waals surface area contributed by atoms with E-state index in [4.69, 9.17) is 10.6 Å². The standard InChI is InChI=1S/C11H23NO3/c1-6-8(2)7-9(15-12)10(13)14-11(3,4)5/h8-9H,6-7,12H2,1-5H3/t8-,9-/m1/s1. The molecule has 0 aliphatic heterocycles. The summed E-state index contributed by atoms with van der Waals surface area (Å²) < 4.78 is 5.19. The van der Waals surface area contributed by atoms with E-state index in [-0.39, 0.29) is 5.97 Å². The van der Waals surface area contributed by atoms with Crippen molar-refractivity contribution in [3.63, 3.8) is 0 Å². The zero-order chi connectivity index (χ0) is 12.1. The van der Waals surface area contributed by atoms with Crippen LogP contribution in [-0.4, -0.2) is 17.7 Å². The molecule has 0 radical (unpaired) electrons. The van der Waals surface area contributed by atoms with Gasteiger partial charge in [0, 0.05) is 0 Å². The maximum atomic E-state index is 11.6. The number of carbonyl (C=O) groups is 1. The molecule has 0 aliphatic carbocycles. The third kappa shape index (κ3) is 6.47. The smallest absolute Gasteiger partial charge is 0.337 e. The summed E-state index contributed by atoms with van der Waals surface area (Å²) in [4.78, 5) is 16.3. The second-order valence-corrected chi connectivity index (χ2v) is 4.91. The lowest BCUT2D eigenvalue weighted by Crippen LogP contribution is -2.36. The molecule has 2 N–H and O–H groups in total. The van der Waals surface area contributed by atoms with E-state index in [0.717, 1.165) is 6.42 Å². The molecule has 0 heterocycles. The number of ether oxygens (including phenoxy) is 1. The predicted octanol–water partition coefficient (Wildman–Crippen LogP) is 2.02. The van der Waals surface area contributed by atoms with Crippen LogP contribution in [0.25, 0.3) is 0 Å². The fourth-order valence-electron chi connectivity index (χ4n) is 1.11. The number of hydrogen-bond acceptors (Lipinski definition) is 4. The molecule has 0 unspecified atom stereocenters. The molecule has 0 amide bonds. The van der Waals surface area contributed by atoms with Gasteiger partial charge in [-0.25, -0.2) is 10.7 Å². The molecular formula is C11H23NO3. The summed E-state index contributed by atoms with van der Waals surface area (Å²) >= 11 is 0. The van der Waals surface area contributed by atoms with Gasteiger partial charge >= 0.3 is 5.97 Å². The Morgan fingerprint density at radius 3 is 2.27 bits per heavy atom. The van der Waals surface area contributed by atoms with Crippen molar-refractivity contribution in [2.75, 3.05) is 0 Å². The van der Waals surface area contributed by atoms with Crippen molar-refractivity contribution in [2.45, 2.75) is 59.2 Å². The fraction of sp³-hybridized carbons (Fsp3) is 0.909. The molecule has 0 aromatic heterocycles. The Hall–Kier alpha value is -0.610. The molecule has 2 atom stereocenters. The molecule has 0 aromatic carbocycles. The van der Waals surface area contributed by atoms with Gasteiger partial charge in [0.25, 0.3) is 0 Å². The van der Waals surface area contributed by atoms with Crippen molar-refractivity contribution in [3.05, 3.63) is 0 Å². The molecule has 0 fully saturated rings. The molecule has 0 spiro atoms. The van der Waals surface area contributed by atoms with Crippen molar-refractivity contribution in [1.82, 2.24) is 0 Å². The van der Waals surface area contributed by atoms with E-state index >= 15 is 0 Å². The van der Waals surface area contributed by atoms with Crippen LogP contribution in [0.2, 0.25) is 0 Å². The SMILES string of the molecule is CC[C@@H](C)C[C@@H](ON)C(=O)OC(C)(C)C. The van der Waals surface area contributed by atoms with Crippen molar-refractivity contribution in [1.29, 1.82) is 0 Å². The first-order valence-corrected chi connectivity index (χ1v) is 5.38. The summed E-state index contributed by atoms with van der Waals surface area (Å²) in [5.41, 5.74) is -0.497. The third-order valence-electron chi connectivity index (χ3n) is 2.15. The zero-order valence-electron chi connectivity index (χ0n) is 10.4. The van der Waals surface area contributed by atoms with Crippen LogP contribution in [0.1, 0.15) is 47.5 Å². The lowest BCUT2D eigenvalue weighted by molar-refractivity contribution is -0.170. The van der Waals surface area contributed by atoms with Crippen molar-refractivity contribution in [3.8, 4) is 0 Å². The molecule has 0 bridgehead atoms. The maximum absolute atomic E-state index is 11.6. The molecule has 4 nitrogen and oxygen atoms in total. The first-order chi connectivity index (χ1) is 6.80. The van der Waals surface area contributed by atoms with E-state index in [9.17, 15) is 4.79 Å².